The molecule has 0 aliphatic carbocycles. The molecule has 0 heterocycles. The first-order chi connectivity index (χ1) is 9.13. The molecule has 0 saturated carbocycles. The van der Waals surface area contributed by atoms with Gasteiger partial charge in [0, 0.05) is 17.8 Å². The third-order valence-electron chi connectivity index (χ3n) is 2.69. The van der Waals surface area contributed by atoms with Crippen LogP contribution < -0.4 is 20.5 Å². The highest BCUT2D eigenvalue weighted by Crippen LogP contribution is 2.29. The van der Waals surface area contributed by atoms with Crippen molar-refractivity contribution in [3.63, 3.8) is 0 Å². The van der Waals surface area contributed by atoms with Crippen molar-refractivity contribution in [3.05, 3.63) is 42.2 Å². The number of nitrogens with two attached hydrogens (primary N) is 1. The van der Waals surface area contributed by atoms with Crippen LogP contribution in [0.5, 0.6) is 11.5 Å². The number of benzene rings is 2. The van der Waals surface area contributed by atoms with Crippen LogP contribution in [0.1, 0.15) is 0 Å². The Kier molecular flexibility index (Phi) is 3.75. The largest absolute Gasteiger partial charge is 0.497 e. The molecule has 0 unspecified atom stereocenters. The van der Waals surface area contributed by atoms with Crippen LogP contribution in [-0.4, -0.2) is 14.2 Å². The Morgan fingerprint density at radius 3 is 2.53 bits per heavy atom. The Labute approximate surface area is 111 Å². The second kappa shape index (κ2) is 5.48. The zero-order valence-corrected chi connectivity index (χ0v) is 10.7. The van der Waals surface area contributed by atoms with Crippen LogP contribution in [0.25, 0.3) is 0 Å². The minimum absolute atomic E-state index is 0.325. The molecule has 5 heteroatoms. The molecule has 3 N–H and O–H groups in total. The standard InChI is InChI=1S/C14H15FN2O2/c1-18-10-4-5-11(15)13(8-10)17-9-3-6-12(16)14(7-9)19-2/h3-8,17H,16H2,1-2H3. The minimum atomic E-state index is -0.364. The zero-order chi connectivity index (χ0) is 13.8. The molecule has 4 nitrogen and oxygen atoms in total. The molecule has 0 saturated heterocycles. The van der Waals surface area contributed by atoms with Crippen molar-refractivity contribution in [2.45, 2.75) is 0 Å². The van der Waals surface area contributed by atoms with E-state index in [2.05, 4.69) is 5.32 Å². The quantitative estimate of drug-likeness (QED) is 0.831. The number of methoxy groups -OCH3 is 2. The van der Waals surface area contributed by atoms with Gasteiger partial charge in [-0.15, -0.1) is 0 Å². The van der Waals surface area contributed by atoms with Crippen molar-refractivity contribution < 1.29 is 13.9 Å². The van der Waals surface area contributed by atoms with Crippen LogP contribution in [0.15, 0.2) is 36.4 Å². The number of hydrogen-bond acceptors (Lipinski definition) is 4. The summed E-state index contributed by atoms with van der Waals surface area (Å²) < 4.78 is 23.9. The van der Waals surface area contributed by atoms with Crippen LogP contribution in [0, 0.1) is 5.82 Å². The average molecular weight is 262 g/mol. The Balaban J connectivity index is 2.30. The second-order valence-electron chi connectivity index (χ2n) is 3.93. The van der Waals surface area contributed by atoms with Gasteiger partial charge in [-0.05, 0) is 24.3 Å². The molecule has 0 radical (unpaired) electrons. The van der Waals surface area contributed by atoms with Crippen LogP contribution in [-0.2, 0) is 0 Å². The molecule has 0 spiro atoms. The number of rotatable bonds is 4. The first-order valence-electron chi connectivity index (χ1n) is 5.68. The van der Waals surface area contributed by atoms with Crippen LogP contribution in [0.3, 0.4) is 0 Å². The summed E-state index contributed by atoms with van der Waals surface area (Å²) in [5.74, 6) is 0.746. The smallest absolute Gasteiger partial charge is 0.146 e. The van der Waals surface area contributed by atoms with Gasteiger partial charge >= 0.3 is 0 Å². The maximum absolute atomic E-state index is 13.7. The lowest BCUT2D eigenvalue weighted by Gasteiger charge is -2.11. The molecule has 0 amide bonds. The van der Waals surface area contributed by atoms with Gasteiger partial charge in [0.15, 0.2) is 0 Å². The molecule has 2 aromatic rings. The van der Waals surface area contributed by atoms with E-state index in [1.807, 2.05) is 0 Å². The predicted octanol–water partition coefficient (Wildman–Crippen LogP) is 3.17. The number of halogens is 1. The number of nitrogens with one attached hydrogen (secondary N) is 1. The summed E-state index contributed by atoms with van der Waals surface area (Å²) in [4.78, 5) is 0. The Morgan fingerprint density at radius 1 is 1.05 bits per heavy atom. The highest BCUT2D eigenvalue weighted by Gasteiger charge is 2.06. The molecule has 100 valence electrons. The monoisotopic (exact) mass is 262 g/mol. The maximum atomic E-state index is 13.7. The summed E-state index contributed by atoms with van der Waals surface area (Å²) in [7, 11) is 3.06. The van der Waals surface area contributed by atoms with E-state index in [0.29, 0.717) is 28.6 Å². The van der Waals surface area contributed by atoms with E-state index in [0.717, 1.165) is 0 Å². The first kappa shape index (κ1) is 13.0. The Bertz CT molecular complexity index is 588. The molecular formula is C14H15FN2O2. The van der Waals surface area contributed by atoms with Gasteiger partial charge in [-0.25, -0.2) is 4.39 Å². The van der Waals surface area contributed by atoms with Crippen molar-refractivity contribution in [2.75, 3.05) is 25.3 Å². The number of ether oxygens (including phenoxy) is 2. The van der Waals surface area contributed by atoms with Gasteiger partial charge in [-0.3, -0.25) is 0 Å². The van der Waals surface area contributed by atoms with E-state index in [4.69, 9.17) is 15.2 Å². The minimum Gasteiger partial charge on any atom is -0.497 e. The number of hydrogen-bond donors (Lipinski definition) is 2. The summed E-state index contributed by atoms with van der Waals surface area (Å²) in [5, 5.41) is 2.96. The van der Waals surface area contributed by atoms with Crippen molar-refractivity contribution in [3.8, 4) is 11.5 Å². The zero-order valence-electron chi connectivity index (χ0n) is 10.7. The van der Waals surface area contributed by atoms with Gasteiger partial charge < -0.3 is 20.5 Å². The Hall–Kier alpha value is -2.43. The molecule has 0 atom stereocenters. The SMILES string of the molecule is COc1ccc(F)c(Nc2ccc(N)c(OC)c2)c1. The van der Waals surface area contributed by atoms with E-state index in [1.54, 1.807) is 30.3 Å². The molecule has 0 aliphatic rings. The lowest BCUT2D eigenvalue weighted by atomic mass is 10.2. The second-order valence-corrected chi connectivity index (χ2v) is 3.93. The van der Waals surface area contributed by atoms with Gasteiger partial charge in [0.05, 0.1) is 25.6 Å². The first-order valence-corrected chi connectivity index (χ1v) is 5.68. The van der Waals surface area contributed by atoms with Crippen molar-refractivity contribution in [1.82, 2.24) is 0 Å². The summed E-state index contributed by atoms with van der Waals surface area (Å²) in [6, 6.07) is 9.63. The van der Waals surface area contributed by atoms with E-state index < -0.39 is 0 Å². The highest BCUT2D eigenvalue weighted by molar-refractivity contribution is 5.67. The van der Waals surface area contributed by atoms with Gasteiger partial charge in [0.25, 0.3) is 0 Å². The summed E-state index contributed by atoms with van der Waals surface area (Å²) in [6.45, 7) is 0. The predicted molar refractivity (Wildman–Crippen MR) is 73.6 cm³/mol. The van der Waals surface area contributed by atoms with E-state index >= 15 is 0 Å². The lowest BCUT2D eigenvalue weighted by molar-refractivity contribution is 0.414. The molecule has 0 aliphatic heterocycles. The molecule has 2 aromatic carbocycles. The van der Waals surface area contributed by atoms with Crippen LogP contribution in [0.4, 0.5) is 21.5 Å². The lowest BCUT2D eigenvalue weighted by Crippen LogP contribution is -1.97. The third-order valence-corrected chi connectivity index (χ3v) is 2.69. The summed E-state index contributed by atoms with van der Waals surface area (Å²) in [6.07, 6.45) is 0. The summed E-state index contributed by atoms with van der Waals surface area (Å²) in [5.41, 5.74) is 7.25. The topological polar surface area (TPSA) is 56.5 Å². The van der Waals surface area contributed by atoms with Crippen molar-refractivity contribution in [2.24, 2.45) is 0 Å². The third kappa shape index (κ3) is 2.88. The van der Waals surface area contributed by atoms with Gasteiger partial charge in [0.1, 0.15) is 17.3 Å². The molecule has 2 rings (SSSR count). The van der Waals surface area contributed by atoms with Crippen LogP contribution >= 0.6 is 0 Å². The Morgan fingerprint density at radius 2 is 1.84 bits per heavy atom. The van der Waals surface area contributed by atoms with Gasteiger partial charge in [0.2, 0.25) is 0 Å². The van der Waals surface area contributed by atoms with E-state index in [9.17, 15) is 4.39 Å². The van der Waals surface area contributed by atoms with Gasteiger partial charge in [-0.1, -0.05) is 0 Å². The number of anilines is 3. The highest BCUT2D eigenvalue weighted by atomic mass is 19.1. The molecule has 0 aromatic heterocycles. The van der Waals surface area contributed by atoms with Crippen LogP contribution in [0.2, 0.25) is 0 Å². The van der Waals surface area contributed by atoms with Gasteiger partial charge in [-0.2, -0.15) is 0 Å². The van der Waals surface area contributed by atoms with E-state index in [-0.39, 0.29) is 5.82 Å². The van der Waals surface area contributed by atoms with E-state index in [1.165, 1.54) is 20.3 Å². The number of nitrogen functional groups attached to an aromatic ring is 1. The molecule has 19 heavy (non-hydrogen) atoms. The summed E-state index contributed by atoms with van der Waals surface area (Å²) >= 11 is 0. The average Bonchev–Trinajstić information content (AvgIpc) is 2.43. The fourth-order valence-corrected chi connectivity index (χ4v) is 1.67. The normalized spacial score (nSPS) is 10.1. The van der Waals surface area contributed by atoms with Crippen molar-refractivity contribution >= 4 is 17.1 Å². The van der Waals surface area contributed by atoms with Crippen molar-refractivity contribution in [1.29, 1.82) is 0 Å². The molecule has 0 fully saturated rings. The molecule has 0 bridgehead atoms. The fraction of sp³-hybridized carbons (Fsp3) is 0.143. The fourth-order valence-electron chi connectivity index (χ4n) is 1.67. The maximum Gasteiger partial charge on any atom is 0.146 e. The molecular weight excluding hydrogens is 247 g/mol.